The summed E-state index contributed by atoms with van der Waals surface area (Å²) in [4.78, 5) is 0. The van der Waals surface area contributed by atoms with Crippen LogP contribution in [0.5, 0.6) is 17.2 Å². The molecule has 3 heteroatoms. The first-order valence-corrected chi connectivity index (χ1v) is 8.82. The van der Waals surface area contributed by atoms with Crippen LogP contribution in [-0.4, -0.2) is 19.8 Å². The molecule has 0 N–H and O–H groups in total. The quantitative estimate of drug-likeness (QED) is 0.543. The van der Waals surface area contributed by atoms with Gasteiger partial charge < -0.3 is 14.2 Å². The van der Waals surface area contributed by atoms with Crippen molar-refractivity contribution in [3.63, 3.8) is 0 Å². The van der Waals surface area contributed by atoms with Crippen LogP contribution in [0.3, 0.4) is 0 Å². The van der Waals surface area contributed by atoms with E-state index >= 15 is 0 Å². The highest BCUT2D eigenvalue weighted by Gasteiger charge is 2.04. The molecule has 2 aromatic carbocycles. The topological polar surface area (TPSA) is 27.7 Å². The van der Waals surface area contributed by atoms with Crippen molar-refractivity contribution in [2.45, 2.75) is 39.5 Å². The van der Waals surface area contributed by atoms with Crippen molar-refractivity contribution in [3.8, 4) is 17.2 Å². The van der Waals surface area contributed by atoms with Crippen LogP contribution in [0.15, 0.2) is 48.5 Å². The predicted molar refractivity (Wildman–Crippen MR) is 98.4 cm³/mol. The highest BCUT2D eigenvalue weighted by Crippen LogP contribution is 2.26. The molecule has 0 spiro atoms. The van der Waals surface area contributed by atoms with Crippen LogP contribution in [0.4, 0.5) is 0 Å². The second-order valence-corrected chi connectivity index (χ2v) is 5.81. The van der Waals surface area contributed by atoms with E-state index in [9.17, 15) is 0 Å². The summed E-state index contributed by atoms with van der Waals surface area (Å²) in [5, 5.41) is 0. The summed E-state index contributed by atoms with van der Waals surface area (Å²) >= 11 is 0. The molecule has 0 unspecified atom stereocenters. The summed E-state index contributed by atoms with van der Waals surface area (Å²) in [5.41, 5.74) is 1.36. The van der Waals surface area contributed by atoms with E-state index in [0.29, 0.717) is 25.7 Å². The van der Waals surface area contributed by atoms with E-state index in [4.69, 9.17) is 14.2 Å². The molecule has 0 aliphatic carbocycles. The third-order valence-corrected chi connectivity index (χ3v) is 4.03. The van der Waals surface area contributed by atoms with Crippen molar-refractivity contribution in [2.75, 3.05) is 19.8 Å². The summed E-state index contributed by atoms with van der Waals surface area (Å²) in [7, 11) is 0. The molecule has 0 saturated heterocycles. The van der Waals surface area contributed by atoms with Crippen molar-refractivity contribution in [1.82, 2.24) is 0 Å². The molecule has 0 aliphatic rings. The van der Waals surface area contributed by atoms with Gasteiger partial charge in [-0.2, -0.15) is 0 Å². The molecule has 24 heavy (non-hydrogen) atoms. The maximum atomic E-state index is 5.79. The molecule has 0 saturated carbocycles. The van der Waals surface area contributed by atoms with Crippen LogP contribution in [0.25, 0.3) is 0 Å². The minimum absolute atomic E-state index is 0.595. The van der Waals surface area contributed by atoms with Gasteiger partial charge >= 0.3 is 0 Å². The molecule has 0 aliphatic heterocycles. The van der Waals surface area contributed by atoms with Crippen molar-refractivity contribution in [2.24, 2.45) is 0 Å². The highest BCUT2D eigenvalue weighted by molar-refractivity contribution is 5.39. The van der Waals surface area contributed by atoms with Crippen molar-refractivity contribution >= 4 is 0 Å². The summed E-state index contributed by atoms with van der Waals surface area (Å²) in [5.74, 6) is 3.09. The second kappa shape index (κ2) is 9.86. The first-order valence-electron chi connectivity index (χ1n) is 8.82. The standard InChI is InChI=1S/C21H28O3/c1-4-17(3)18-11-13-19(14-12-18)23-15-8-16-24-21-10-7-6-9-20(21)22-5-2/h6-7,9-14,17H,4-5,8,15-16H2,1-3H3/t17-/m1/s1. The maximum absolute atomic E-state index is 5.79. The molecule has 0 fully saturated rings. The molecule has 1 atom stereocenters. The fourth-order valence-corrected chi connectivity index (χ4v) is 2.40. The zero-order chi connectivity index (χ0) is 17.2. The summed E-state index contributed by atoms with van der Waals surface area (Å²) in [6.07, 6.45) is 1.98. The van der Waals surface area contributed by atoms with Gasteiger partial charge in [0.1, 0.15) is 5.75 Å². The van der Waals surface area contributed by atoms with Gasteiger partial charge in [0.25, 0.3) is 0 Å². The molecule has 0 bridgehead atoms. The molecule has 130 valence electrons. The Labute approximate surface area is 145 Å². The van der Waals surface area contributed by atoms with Crippen LogP contribution in [-0.2, 0) is 0 Å². The Bertz CT molecular complexity index is 592. The lowest BCUT2D eigenvalue weighted by atomic mass is 9.99. The molecule has 3 nitrogen and oxygen atoms in total. The Balaban J connectivity index is 1.72. The molecular weight excluding hydrogens is 300 g/mol. The monoisotopic (exact) mass is 328 g/mol. The van der Waals surface area contributed by atoms with Gasteiger partial charge in [-0.25, -0.2) is 0 Å². The minimum atomic E-state index is 0.595. The van der Waals surface area contributed by atoms with Crippen LogP contribution in [0.1, 0.15) is 45.1 Å². The average Bonchev–Trinajstić information content (AvgIpc) is 2.63. The number of ether oxygens (including phenoxy) is 3. The lowest BCUT2D eigenvalue weighted by Gasteiger charge is -2.12. The Morgan fingerprint density at radius 2 is 1.42 bits per heavy atom. The minimum Gasteiger partial charge on any atom is -0.493 e. The summed E-state index contributed by atoms with van der Waals surface area (Å²) in [6.45, 7) is 8.30. The summed E-state index contributed by atoms with van der Waals surface area (Å²) < 4.78 is 17.1. The fraction of sp³-hybridized carbons (Fsp3) is 0.429. The smallest absolute Gasteiger partial charge is 0.161 e. The largest absolute Gasteiger partial charge is 0.493 e. The van der Waals surface area contributed by atoms with Gasteiger partial charge in [0.2, 0.25) is 0 Å². The lowest BCUT2D eigenvalue weighted by Crippen LogP contribution is -2.06. The Hall–Kier alpha value is -2.16. The maximum Gasteiger partial charge on any atom is 0.161 e. The van der Waals surface area contributed by atoms with Gasteiger partial charge in [-0.05, 0) is 49.1 Å². The lowest BCUT2D eigenvalue weighted by molar-refractivity contribution is 0.236. The number of hydrogen-bond acceptors (Lipinski definition) is 3. The Morgan fingerprint density at radius 3 is 2.04 bits per heavy atom. The number of rotatable bonds is 10. The van der Waals surface area contributed by atoms with Gasteiger partial charge in [-0.3, -0.25) is 0 Å². The van der Waals surface area contributed by atoms with Gasteiger partial charge in [0.15, 0.2) is 11.5 Å². The van der Waals surface area contributed by atoms with Gasteiger partial charge in [0.05, 0.1) is 19.8 Å². The van der Waals surface area contributed by atoms with E-state index in [0.717, 1.165) is 30.1 Å². The molecule has 0 radical (unpaired) electrons. The van der Waals surface area contributed by atoms with E-state index in [1.165, 1.54) is 5.56 Å². The fourth-order valence-electron chi connectivity index (χ4n) is 2.40. The predicted octanol–water partition coefficient (Wildman–Crippen LogP) is 5.45. The van der Waals surface area contributed by atoms with Gasteiger partial charge in [-0.15, -0.1) is 0 Å². The normalized spacial score (nSPS) is 11.8. The average molecular weight is 328 g/mol. The third kappa shape index (κ3) is 5.48. The molecule has 0 aromatic heterocycles. The molecular formula is C21H28O3. The summed E-state index contributed by atoms with van der Waals surface area (Å²) in [6, 6.07) is 16.2. The van der Waals surface area contributed by atoms with E-state index in [2.05, 4.69) is 26.0 Å². The van der Waals surface area contributed by atoms with Crippen LogP contribution >= 0.6 is 0 Å². The van der Waals surface area contributed by atoms with Gasteiger partial charge in [0, 0.05) is 6.42 Å². The van der Waals surface area contributed by atoms with Crippen LogP contribution in [0.2, 0.25) is 0 Å². The van der Waals surface area contributed by atoms with E-state index in [1.54, 1.807) is 0 Å². The highest BCUT2D eigenvalue weighted by atomic mass is 16.5. The van der Waals surface area contributed by atoms with Gasteiger partial charge in [-0.1, -0.05) is 38.1 Å². The van der Waals surface area contributed by atoms with Crippen LogP contribution < -0.4 is 14.2 Å². The SMILES string of the molecule is CCOc1ccccc1OCCCOc1ccc([C@H](C)CC)cc1. The molecule has 2 rings (SSSR count). The van der Waals surface area contributed by atoms with Crippen molar-refractivity contribution < 1.29 is 14.2 Å². The molecule has 0 heterocycles. The zero-order valence-electron chi connectivity index (χ0n) is 15.0. The third-order valence-electron chi connectivity index (χ3n) is 4.03. The van der Waals surface area contributed by atoms with Crippen molar-refractivity contribution in [3.05, 3.63) is 54.1 Å². The van der Waals surface area contributed by atoms with E-state index in [-0.39, 0.29) is 0 Å². The first-order chi connectivity index (χ1) is 11.7. The zero-order valence-corrected chi connectivity index (χ0v) is 15.0. The van der Waals surface area contributed by atoms with Crippen molar-refractivity contribution in [1.29, 1.82) is 0 Å². The number of hydrogen-bond donors (Lipinski definition) is 0. The van der Waals surface area contributed by atoms with E-state index < -0.39 is 0 Å². The Kier molecular flexibility index (Phi) is 7.47. The first kappa shape index (κ1) is 18.2. The van der Waals surface area contributed by atoms with Crippen LogP contribution in [0, 0.1) is 0 Å². The number of para-hydroxylation sites is 2. The molecule has 0 amide bonds. The number of benzene rings is 2. The second-order valence-electron chi connectivity index (χ2n) is 5.81. The van der Waals surface area contributed by atoms with E-state index in [1.807, 2.05) is 43.3 Å². The molecule has 2 aromatic rings. The Morgan fingerprint density at radius 1 is 0.792 bits per heavy atom.